The number of nitrogens with zero attached hydrogens (tertiary/aromatic N) is 4. The van der Waals surface area contributed by atoms with Gasteiger partial charge in [0.1, 0.15) is 11.6 Å². The Labute approximate surface area is 152 Å². The molecule has 1 unspecified atom stereocenters. The molecule has 1 aliphatic heterocycles. The largest absolute Gasteiger partial charge is 0.354 e. The summed E-state index contributed by atoms with van der Waals surface area (Å²) in [6.45, 7) is 5.46. The quantitative estimate of drug-likeness (QED) is 0.784. The van der Waals surface area contributed by atoms with Gasteiger partial charge in [-0.15, -0.1) is 0 Å². The molecule has 0 aliphatic carbocycles. The molecule has 4 rings (SSSR count). The predicted molar refractivity (Wildman–Crippen MR) is 99.6 cm³/mol. The Morgan fingerprint density at radius 1 is 1.12 bits per heavy atom. The molecule has 1 saturated heterocycles. The molecule has 1 N–H and O–H groups in total. The van der Waals surface area contributed by atoms with Gasteiger partial charge < -0.3 is 4.90 Å². The summed E-state index contributed by atoms with van der Waals surface area (Å²) in [5, 5.41) is 6.93. The van der Waals surface area contributed by atoms with Crippen molar-refractivity contribution in [2.24, 2.45) is 0 Å². The highest BCUT2D eigenvalue weighted by atomic mass is 19.1. The van der Waals surface area contributed by atoms with Gasteiger partial charge in [0.25, 0.3) is 0 Å². The lowest BCUT2D eigenvalue weighted by Gasteiger charge is -2.39. The van der Waals surface area contributed by atoms with Crippen LogP contribution in [0.2, 0.25) is 0 Å². The van der Waals surface area contributed by atoms with E-state index in [1.165, 1.54) is 11.6 Å². The van der Waals surface area contributed by atoms with E-state index in [4.69, 9.17) is 0 Å². The Balaban J connectivity index is 1.56. The summed E-state index contributed by atoms with van der Waals surface area (Å²) in [7, 11) is 0. The Morgan fingerprint density at radius 3 is 2.62 bits per heavy atom. The van der Waals surface area contributed by atoms with Crippen molar-refractivity contribution in [3.8, 4) is 0 Å². The number of piperazine rings is 1. The second-order valence-electron chi connectivity index (χ2n) is 6.67. The van der Waals surface area contributed by atoms with Crippen LogP contribution < -0.4 is 4.90 Å². The molecule has 3 aromatic rings. The minimum Gasteiger partial charge on any atom is -0.354 e. The summed E-state index contributed by atoms with van der Waals surface area (Å²) in [4.78, 5) is 9.09. The lowest BCUT2D eigenvalue weighted by Crippen LogP contribution is -2.48. The highest BCUT2D eigenvalue weighted by Crippen LogP contribution is 2.31. The number of benzene rings is 1. The molecule has 2 aromatic heterocycles. The molecule has 5 nitrogen and oxygen atoms in total. The summed E-state index contributed by atoms with van der Waals surface area (Å²) < 4.78 is 14.5. The molecule has 26 heavy (non-hydrogen) atoms. The van der Waals surface area contributed by atoms with Crippen LogP contribution >= 0.6 is 0 Å². The molecule has 1 aliphatic rings. The monoisotopic (exact) mass is 351 g/mol. The van der Waals surface area contributed by atoms with E-state index in [0.29, 0.717) is 5.56 Å². The van der Waals surface area contributed by atoms with Crippen LogP contribution in [0.3, 0.4) is 0 Å². The lowest BCUT2D eigenvalue weighted by atomic mass is 9.98. The van der Waals surface area contributed by atoms with Gasteiger partial charge in [0.15, 0.2) is 0 Å². The van der Waals surface area contributed by atoms with Crippen LogP contribution in [0.25, 0.3) is 0 Å². The van der Waals surface area contributed by atoms with Crippen LogP contribution in [-0.4, -0.2) is 46.3 Å². The average molecular weight is 351 g/mol. The van der Waals surface area contributed by atoms with Gasteiger partial charge in [-0.2, -0.15) is 5.10 Å². The van der Waals surface area contributed by atoms with Gasteiger partial charge in [-0.25, -0.2) is 9.37 Å². The zero-order chi connectivity index (χ0) is 17.9. The molecular weight excluding hydrogens is 329 g/mol. The number of anilines is 1. The van der Waals surface area contributed by atoms with E-state index in [2.05, 4.69) is 38.0 Å². The number of H-pyrrole nitrogens is 1. The number of aromatic amines is 1. The SMILES string of the molecule is Cc1ccnc(N2CCN(C(c3cn[nH]c3)c3ccccc3F)CC2)c1. The van der Waals surface area contributed by atoms with Crippen LogP contribution in [0.4, 0.5) is 10.2 Å². The molecule has 0 saturated carbocycles. The van der Waals surface area contributed by atoms with E-state index < -0.39 is 0 Å². The van der Waals surface area contributed by atoms with Crippen LogP contribution in [0.5, 0.6) is 0 Å². The van der Waals surface area contributed by atoms with Crippen LogP contribution in [-0.2, 0) is 0 Å². The zero-order valence-electron chi connectivity index (χ0n) is 14.8. The first kappa shape index (κ1) is 16.7. The maximum Gasteiger partial charge on any atom is 0.128 e. The van der Waals surface area contributed by atoms with Crippen molar-refractivity contribution in [1.29, 1.82) is 0 Å². The normalized spacial score (nSPS) is 16.6. The smallest absolute Gasteiger partial charge is 0.128 e. The Kier molecular flexibility index (Phi) is 4.67. The maximum absolute atomic E-state index is 14.5. The number of halogens is 1. The fraction of sp³-hybridized carbons (Fsp3) is 0.300. The van der Waals surface area contributed by atoms with Gasteiger partial charge >= 0.3 is 0 Å². The van der Waals surface area contributed by atoms with Gasteiger partial charge in [-0.05, 0) is 30.7 Å². The first-order valence-electron chi connectivity index (χ1n) is 8.87. The van der Waals surface area contributed by atoms with E-state index in [1.54, 1.807) is 12.3 Å². The van der Waals surface area contributed by atoms with Gasteiger partial charge in [-0.3, -0.25) is 10.00 Å². The summed E-state index contributed by atoms with van der Waals surface area (Å²) in [5.74, 6) is 0.830. The molecular formula is C20H22FN5. The Morgan fingerprint density at radius 2 is 1.92 bits per heavy atom. The molecule has 6 heteroatoms. The summed E-state index contributed by atoms with van der Waals surface area (Å²) >= 11 is 0. The van der Waals surface area contributed by atoms with E-state index in [1.807, 2.05) is 30.6 Å². The van der Waals surface area contributed by atoms with Gasteiger partial charge in [0, 0.05) is 49.7 Å². The van der Waals surface area contributed by atoms with E-state index in [0.717, 1.165) is 37.6 Å². The average Bonchev–Trinajstić information content (AvgIpc) is 3.18. The maximum atomic E-state index is 14.5. The van der Waals surface area contributed by atoms with Crippen molar-refractivity contribution in [3.05, 3.63) is 77.5 Å². The lowest BCUT2D eigenvalue weighted by molar-refractivity contribution is 0.208. The van der Waals surface area contributed by atoms with Crippen molar-refractivity contribution in [1.82, 2.24) is 20.1 Å². The van der Waals surface area contributed by atoms with E-state index in [9.17, 15) is 4.39 Å². The Bertz CT molecular complexity index is 856. The summed E-state index contributed by atoms with van der Waals surface area (Å²) in [6, 6.07) is 11.0. The first-order chi connectivity index (χ1) is 12.7. The molecule has 0 spiro atoms. The number of aromatic nitrogens is 3. The van der Waals surface area contributed by atoms with Crippen molar-refractivity contribution in [3.63, 3.8) is 0 Å². The third-order valence-corrected chi connectivity index (χ3v) is 4.94. The topological polar surface area (TPSA) is 48.1 Å². The van der Waals surface area contributed by atoms with Crippen LogP contribution in [0, 0.1) is 12.7 Å². The molecule has 1 aromatic carbocycles. The van der Waals surface area contributed by atoms with Crippen LogP contribution in [0.1, 0.15) is 22.7 Å². The highest BCUT2D eigenvalue weighted by Gasteiger charge is 2.29. The molecule has 0 amide bonds. The number of pyridine rings is 1. The summed E-state index contributed by atoms with van der Waals surface area (Å²) in [6.07, 6.45) is 5.49. The third-order valence-electron chi connectivity index (χ3n) is 4.94. The van der Waals surface area contributed by atoms with Crippen molar-refractivity contribution in [2.45, 2.75) is 13.0 Å². The number of nitrogens with one attached hydrogen (secondary N) is 1. The van der Waals surface area contributed by atoms with Crippen molar-refractivity contribution < 1.29 is 4.39 Å². The minimum atomic E-state index is -0.179. The fourth-order valence-corrected chi connectivity index (χ4v) is 3.60. The van der Waals surface area contributed by atoms with Gasteiger partial charge in [0.2, 0.25) is 0 Å². The van der Waals surface area contributed by atoms with Gasteiger partial charge in [-0.1, -0.05) is 18.2 Å². The standard InChI is InChI=1S/C20H22FN5/c1-15-6-7-22-19(12-15)25-8-10-26(11-9-25)20(16-13-23-24-14-16)17-4-2-3-5-18(17)21/h2-7,12-14,20H,8-11H2,1H3,(H,23,24). The second kappa shape index (κ2) is 7.25. The van der Waals surface area contributed by atoms with E-state index >= 15 is 0 Å². The minimum absolute atomic E-state index is 0.137. The second-order valence-corrected chi connectivity index (χ2v) is 6.67. The molecule has 1 fully saturated rings. The van der Waals surface area contributed by atoms with Crippen molar-refractivity contribution in [2.75, 3.05) is 31.1 Å². The number of hydrogen-bond donors (Lipinski definition) is 1. The number of rotatable bonds is 4. The molecule has 0 bridgehead atoms. The number of hydrogen-bond acceptors (Lipinski definition) is 4. The zero-order valence-corrected chi connectivity index (χ0v) is 14.8. The van der Waals surface area contributed by atoms with Crippen LogP contribution in [0.15, 0.2) is 55.0 Å². The third kappa shape index (κ3) is 3.32. The fourth-order valence-electron chi connectivity index (χ4n) is 3.60. The summed E-state index contributed by atoms with van der Waals surface area (Å²) in [5.41, 5.74) is 2.88. The van der Waals surface area contributed by atoms with Gasteiger partial charge in [0.05, 0.1) is 12.2 Å². The highest BCUT2D eigenvalue weighted by molar-refractivity contribution is 5.41. The molecule has 0 radical (unpaired) electrons. The molecule has 134 valence electrons. The first-order valence-corrected chi connectivity index (χ1v) is 8.87. The number of aryl methyl sites for hydroxylation is 1. The van der Waals surface area contributed by atoms with Crippen molar-refractivity contribution >= 4 is 5.82 Å². The molecule has 1 atom stereocenters. The van der Waals surface area contributed by atoms with E-state index in [-0.39, 0.29) is 11.9 Å². The molecule has 3 heterocycles. The Hall–Kier alpha value is -2.73. The predicted octanol–water partition coefficient (Wildman–Crippen LogP) is 3.16.